The van der Waals surface area contributed by atoms with Gasteiger partial charge in [0.15, 0.2) is 12.4 Å². The quantitative estimate of drug-likeness (QED) is 0.500. The van der Waals surface area contributed by atoms with Gasteiger partial charge in [-0.15, -0.1) is 10.2 Å². The molecule has 2 heterocycles. The molecule has 2 aromatic heterocycles. The maximum Gasteiger partial charge on any atom is 0.262 e. The Labute approximate surface area is 178 Å². The molecule has 0 saturated heterocycles. The van der Waals surface area contributed by atoms with E-state index >= 15 is 0 Å². The third-order valence-corrected chi connectivity index (χ3v) is 5.93. The van der Waals surface area contributed by atoms with Crippen LogP contribution in [0.4, 0.5) is 5.69 Å². The third kappa shape index (κ3) is 4.04. The van der Waals surface area contributed by atoms with Crippen LogP contribution >= 0.6 is 11.3 Å². The first-order chi connectivity index (χ1) is 14.4. The van der Waals surface area contributed by atoms with Crippen LogP contribution < -0.4 is 10.1 Å². The van der Waals surface area contributed by atoms with Crippen LogP contribution in [0.1, 0.15) is 29.4 Å². The largest absolute Gasteiger partial charge is 0.484 e. The molecule has 2 aromatic carbocycles. The van der Waals surface area contributed by atoms with Gasteiger partial charge < -0.3 is 10.1 Å². The van der Waals surface area contributed by atoms with E-state index in [1.807, 2.05) is 64.1 Å². The second-order valence-electron chi connectivity index (χ2n) is 7.18. The first-order valence-electron chi connectivity index (χ1n) is 9.76. The van der Waals surface area contributed by atoms with E-state index in [2.05, 4.69) is 20.6 Å². The molecule has 4 rings (SSSR count). The topological polar surface area (TPSA) is 81.4 Å². The minimum absolute atomic E-state index is 0.0528. The Bertz CT molecular complexity index is 1230. The number of benzene rings is 2. The van der Waals surface area contributed by atoms with Crippen molar-refractivity contribution < 1.29 is 9.53 Å². The van der Waals surface area contributed by atoms with E-state index in [1.165, 1.54) is 16.9 Å². The van der Waals surface area contributed by atoms with Gasteiger partial charge in [-0.2, -0.15) is 9.61 Å². The summed E-state index contributed by atoms with van der Waals surface area (Å²) in [7, 11) is 0. The Morgan fingerprint density at radius 2 is 1.87 bits per heavy atom. The summed E-state index contributed by atoms with van der Waals surface area (Å²) in [5, 5.41) is 16.7. The lowest BCUT2D eigenvalue weighted by Crippen LogP contribution is -2.20. The lowest BCUT2D eigenvalue weighted by molar-refractivity contribution is -0.118. The molecule has 4 aromatic rings. The van der Waals surface area contributed by atoms with Gasteiger partial charge in [0.25, 0.3) is 5.91 Å². The fourth-order valence-corrected chi connectivity index (χ4v) is 3.88. The molecule has 0 aliphatic carbocycles. The molecule has 8 heteroatoms. The fourth-order valence-electron chi connectivity index (χ4n) is 3.02. The number of nitrogens with one attached hydrogen (secondary N) is 1. The molecule has 0 atom stereocenters. The van der Waals surface area contributed by atoms with E-state index in [4.69, 9.17) is 4.74 Å². The summed E-state index contributed by atoms with van der Waals surface area (Å²) in [6, 6.07) is 11.7. The van der Waals surface area contributed by atoms with Crippen molar-refractivity contribution in [3.63, 3.8) is 0 Å². The summed E-state index contributed by atoms with van der Waals surface area (Å²) >= 11 is 1.47. The molecule has 0 radical (unpaired) electrons. The molecule has 0 spiro atoms. The second kappa shape index (κ2) is 8.23. The number of hydrogen-bond donors (Lipinski definition) is 1. The Kier molecular flexibility index (Phi) is 5.50. The number of aryl methyl sites for hydroxylation is 4. The highest BCUT2D eigenvalue weighted by atomic mass is 32.1. The highest BCUT2D eigenvalue weighted by Crippen LogP contribution is 2.29. The highest BCUT2D eigenvalue weighted by Gasteiger charge is 2.14. The molecule has 0 aliphatic rings. The number of carbonyl (C=O) groups excluding carboxylic acids is 1. The van der Waals surface area contributed by atoms with Crippen molar-refractivity contribution in [2.45, 2.75) is 34.1 Å². The number of aromatic nitrogens is 4. The maximum atomic E-state index is 12.4. The van der Waals surface area contributed by atoms with Crippen LogP contribution in [0.3, 0.4) is 0 Å². The van der Waals surface area contributed by atoms with E-state index in [-0.39, 0.29) is 12.5 Å². The Hall–Kier alpha value is -3.26. The van der Waals surface area contributed by atoms with E-state index in [0.29, 0.717) is 5.75 Å². The van der Waals surface area contributed by atoms with Crippen LogP contribution in [-0.4, -0.2) is 32.3 Å². The van der Waals surface area contributed by atoms with Crippen molar-refractivity contribution >= 4 is 27.9 Å². The molecule has 154 valence electrons. The number of amides is 1. The SMILES string of the molecule is CCc1nnc2sc(-c3ccc(C)c(NC(=O)COc4ccc(C)c(C)c4)c3)nn12. The number of nitrogens with zero attached hydrogens (tertiary/aromatic N) is 4. The zero-order chi connectivity index (χ0) is 21.3. The van der Waals surface area contributed by atoms with Gasteiger partial charge in [0, 0.05) is 17.7 Å². The van der Waals surface area contributed by atoms with E-state index in [9.17, 15) is 4.79 Å². The lowest BCUT2D eigenvalue weighted by Gasteiger charge is -2.11. The van der Waals surface area contributed by atoms with E-state index in [0.717, 1.165) is 44.6 Å². The molecule has 0 saturated carbocycles. The van der Waals surface area contributed by atoms with E-state index in [1.54, 1.807) is 4.52 Å². The van der Waals surface area contributed by atoms with E-state index < -0.39 is 0 Å². The maximum absolute atomic E-state index is 12.4. The van der Waals surface area contributed by atoms with Gasteiger partial charge in [-0.25, -0.2) is 0 Å². The lowest BCUT2D eigenvalue weighted by atomic mass is 10.1. The van der Waals surface area contributed by atoms with Gasteiger partial charge in [0.1, 0.15) is 10.8 Å². The number of fused-ring (bicyclic) bond motifs is 1. The number of carbonyl (C=O) groups is 1. The predicted molar refractivity (Wildman–Crippen MR) is 118 cm³/mol. The van der Waals surface area contributed by atoms with Gasteiger partial charge in [-0.05, 0) is 55.7 Å². The Balaban J connectivity index is 1.49. The second-order valence-corrected chi connectivity index (χ2v) is 8.14. The van der Waals surface area contributed by atoms with Gasteiger partial charge in [0.2, 0.25) is 4.96 Å². The predicted octanol–water partition coefficient (Wildman–Crippen LogP) is 4.36. The zero-order valence-corrected chi connectivity index (χ0v) is 18.2. The summed E-state index contributed by atoms with van der Waals surface area (Å²) in [6.45, 7) is 7.99. The number of anilines is 1. The molecular formula is C22H23N5O2S. The van der Waals surface area contributed by atoms with Gasteiger partial charge in [0.05, 0.1) is 0 Å². The molecule has 0 fully saturated rings. The van der Waals surface area contributed by atoms with Crippen molar-refractivity contribution in [1.82, 2.24) is 19.8 Å². The van der Waals surface area contributed by atoms with Crippen molar-refractivity contribution in [1.29, 1.82) is 0 Å². The average Bonchev–Trinajstić information content (AvgIpc) is 3.31. The van der Waals surface area contributed by atoms with Crippen LogP contribution in [0.5, 0.6) is 5.75 Å². The minimum atomic E-state index is -0.208. The smallest absolute Gasteiger partial charge is 0.262 e. The van der Waals surface area contributed by atoms with Crippen molar-refractivity contribution in [3.8, 4) is 16.3 Å². The van der Waals surface area contributed by atoms with Crippen LogP contribution in [0, 0.1) is 20.8 Å². The Morgan fingerprint density at radius 1 is 1.07 bits per heavy atom. The van der Waals surface area contributed by atoms with Crippen LogP contribution in [0.2, 0.25) is 0 Å². The molecule has 7 nitrogen and oxygen atoms in total. The van der Waals surface area contributed by atoms with Gasteiger partial charge >= 0.3 is 0 Å². The average molecular weight is 422 g/mol. The molecule has 0 bridgehead atoms. The first kappa shape index (κ1) is 20.0. The summed E-state index contributed by atoms with van der Waals surface area (Å²) in [5.41, 5.74) is 4.95. The summed E-state index contributed by atoms with van der Waals surface area (Å²) in [4.78, 5) is 13.2. The zero-order valence-electron chi connectivity index (χ0n) is 17.4. The van der Waals surface area contributed by atoms with Crippen molar-refractivity contribution in [2.24, 2.45) is 0 Å². The van der Waals surface area contributed by atoms with Crippen LogP contribution in [-0.2, 0) is 11.2 Å². The first-order valence-corrected chi connectivity index (χ1v) is 10.6. The van der Waals surface area contributed by atoms with Crippen LogP contribution in [0.25, 0.3) is 15.5 Å². The van der Waals surface area contributed by atoms with Crippen LogP contribution in [0.15, 0.2) is 36.4 Å². The molecule has 30 heavy (non-hydrogen) atoms. The molecule has 1 N–H and O–H groups in total. The minimum Gasteiger partial charge on any atom is -0.484 e. The van der Waals surface area contributed by atoms with Gasteiger partial charge in [-0.1, -0.05) is 36.5 Å². The summed E-state index contributed by atoms with van der Waals surface area (Å²) < 4.78 is 7.42. The number of hydrogen-bond acceptors (Lipinski definition) is 6. The Morgan fingerprint density at radius 3 is 2.63 bits per heavy atom. The summed E-state index contributed by atoms with van der Waals surface area (Å²) in [6.07, 6.45) is 0.764. The molecule has 0 aliphatic heterocycles. The number of rotatable bonds is 6. The number of ether oxygens (including phenoxy) is 1. The molecule has 0 unspecified atom stereocenters. The standard InChI is InChI=1S/C22H23N5O2S/c1-5-19-24-25-22-27(19)26-21(30-22)16-8-6-14(3)18(11-16)23-20(28)12-29-17-9-7-13(2)15(4)10-17/h6-11H,5,12H2,1-4H3,(H,23,28). The highest BCUT2D eigenvalue weighted by molar-refractivity contribution is 7.19. The molecule has 1 amide bonds. The van der Waals surface area contributed by atoms with Crippen molar-refractivity contribution in [2.75, 3.05) is 11.9 Å². The fraction of sp³-hybridized carbons (Fsp3) is 0.273. The third-order valence-electron chi connectivity index (χ3n) is 4.98. The monoisotopic (exact) mass is 421 g/mol. The normalized spacial score (nSPS) is 11.1. The van der Waals surface area contributed by atoms with Gasteiger partial charge in [-0.3, -0.25) is 4.79 Å². The van der Waals surface area contributed by atoms with Crippen molar-refractivity contribution in [3.05, 3.63) is 58.9 Å². The molecular weight excluding hydrogens is 398 g/mol. The summed E-state index contributed by atoms with van der Waals surface area (Å²) in [5.74, 6) is 1.31.